The van der Waals surface area contributed by atoms with E-state index in [2.05, 4.69) is 19.7 Å². The minimum atomic E-state index is -3.78. The fraction of sp³-hybridized carbons (Fsp3) is 0.0500. The van der Waals surface area contributed by atoms with Crippen LogP contribution >= 0.6 is 23.2 Å². The lowest BCUT2D eigenvalue weighted by Crippen LogP contribution is -2.15. The molecule has 0 aliphatic carbocycles. The molecule has 4 aromatic rings. The van der Waals surface area contributed by atoms with Gasteiger partial charge in [-0.25, -0.2) is 18.4 Å². The van der Waals surface area contributed by atoms with E-state index in [1.54, 1.807) is 18.2 Å². The molecule has 0 radical (unpaired) electrons. The number of fused-ring (bicyclic) bond motifs is 1. The van der Waals surface area contributed by atoms with Crippen molar-refractivity contribution in [3.8, 4) is 0 Å². The zero-order valence-corrected chi connectivity index (χ0v) is 18.1. The van der Waals surface area contributed by atoms with Crippen LogP contribution in [0.25, 0.3) is 11.0 Å². The third-order valence-electron chi connectivity index (χ3n) is 4.42. The number of rotatable bonds is 6. The number of nitrogen functional groups attached to an aromatic ring is 1. The predicted molar refractivity (Wildman–Crippen MR) is 121 cm³/mol. The third-order valence-corrected chi connectivity index (χ3v) is 6.12. The Morgan fingerprint density at radius 1 is 1.10 bits per heavy atom. The van der Waals surface area contributed by atoms with Gasteiger partial charge in [0.05, 0.1) is 16.7 Å². The quantitative estimate of drug-likeness (QED) is 0.361. The SMILES string of the molecule is Nc1ncnc2[nH]cc(C(=O)c3cccc(NS(=O)(=O)Cc4cc(Cl)cc(Cl)c4)c3)c12. The van der Waals surface area contributed by atoms with Gasteiger partial charge >= 0.3 is 0 Å². The number of halogens is 2. The van der Waals surface area contributed by atoms with E-state index in [0.29, 0.717) is 32.2 Å². The molecule has 31 heavy (non-hydrogen) atoms. The average molecular weight is 476 g/mol. The molecule has 2 aromatic heterocycles. The molecule has 0 aliphatic heterocycles. The highest BCUT2D eigenvalue weighted by molar-refractivity contribution is 7.91. The fourth-order valence-corrected chi connectivity index (χ4v) is 4.91. The normalized spacial score (nSPS) is 11.5. The summed E-state index contributed by atoms with van der Waals surface area (Å²) in [5.41, 5.74) is 7.57. The third kappa shape index (κ3) is 4.63. The molecule has 0 spiro atoms. The second-order valence-electron chi connectivity index (χ2n) is 6.73. The number of carbonyl (C=O) groups is 1. The van der Waals surface area contributed by atoms with Gasteiger partial charge in [0.25, 0.3) is 0 Å². The van der Waals surface area contributed by atoms with Gasteiger partial charge in [-0.3, -0.25) is 9.52 Å². The number of hydrogen-bond acceptors (Lipinski definition) is 6. The summed E-state index contributed by atoms with van der Waals surface area (Å²) in [5.74, 6) is -0.510. The lowest BCUT2D eigenvalue weighted by atomic mass is 10.0. The molecule has 4 N–H and O–H groups in total. The Balaban J connectivity index is 1.60. The summed E-state index contributed by atoms with van der Waals surface area (Å²) in [6, 6.07) is 10.7. The van der Waals surface area contributed by atoms with Crippen molar-refractivity contribution in [2.24, 2.45) is 0 Å². The Morgan fingerprint density at radius 3 is 2.58 bits per heavy atom. The zero-order valence-electron chi connectivity index (χ0n) is 15.8. The van der Waals surface area contributed by atoms with E-state index in [1.165, 1.54) is 36.8 Å². The van der Waals surface area contributed by atoms with Gasteiger partial charge in [-0.1, -0.05) is 35.3 Å². The molecular formula is C20H15Cl2N5O3S. The first-order valence-electron chi connectivity index (χ1n) is 8.89. The van der Waals surface area contributed by atoms with Crippen LogP contribution in [-0.2, 0) is 15.8 Å². The number of nitrogens with one attached hydrogen (secondary N) is 2. The number of nitrogens with two attached hydrogens (primary N) is 1. The van der Waals surface area contributed by atoms with Crippen molar-refractivity contribution in [1.29, 1.82) is 0 Å². The first-order valence-corrected chi connectivity index (χ1v) is 11.3. The van der Waals surface area contributed by atoms with Crippen LogP contribution in [0.2, 0.25) is 10.0 Å². The van der Waals surface area contributed by atoms with Crippen LogP contribution in [-0.4, -0.2) is 29.2 Å². The van der Waals surface area contributed by atoms with E-state index in [0.717, 1.165) is 0 Å². The van der Waals surface area contributed by atoms with Gasteiger partial charge in [-0.05, 0) is 35.9 Å². The van der Waals surface area contributed by atoms with Crippen LogP contribution < -0.4 is 10.5 Å². The Bertz CT molecular complexity index is 1400. The topological polar surface area (TPSA) is 131 Å². The second kappa shape index (κ2) is 8.18. The molecule has 0 amide bonds. The molecule has 0 bridgehead atoms. The highest BCUT2D eigenvalue weighted by Crippen LogP contribution is 2.25. The fourth-order valence-electron chi connectivity index (χ4n) is 3.17. The minimum Gasteiger partial charge on any atom is -0.383 e. The van der Waals surface area contributed by atoms with E-state index in [1.807, 2.05) is 0 Å². The Morgan fingerprint density at radius 2 is 1.84 bits per heavy atom. The summed E-state index contributed by atoms with van der Waals surface area (Å²) in [4.78, 5) is 23.9. The van der Waals surface area contributed by atoms with Crippen LogP contribution in [0, 0.1) is 0 Å². The second-order valence-corrected chi connectivity index (χ2v) is 9.33. The van der Waals surface area contributed by atoms with Gasteiger partial charge in [0.2, 0.25) is 10.0 Å². The van der Waals surface area contributed by atoms with Gasteiger partial charge < -0.3 is 10.7 Å². The highest BCUT2D eigenvalue weighted by atomic mass is 35.5. The van der Waals surface area contributed by atoms with Gasteiger partial charge in [-0.15, -0.1) is 0 Å². The number of carbonyl (C=O) groups excluding carboxylic acids is 1. The molecule has 158 valence electrons. The van der Waals surface area contributed by atoms with E-state index in [-0.39, 0.29) is 28.6 Å². The summed E-state index contributed by atoms with van der Waals surface area (Å²) in [6.07, 6.45) is 2.79. The largest absolute Gasteiger partial charge is 0.383 e. The van der Waals surface area contributed by atoms with Crippen LogP contribution in [0.3, 0.4) is 0 Å². The highest BCUT2D eigenvalue weighted by Gasteiger charge is 2.19. The summed E-state index contributed by atoms with van der Waals surface area (Å²) in [5, 5.41) is 1.09. The molecule has 4 rings (SSSR count). The molecule has 0 saturated heterocycles. The molecule has 0 fully saturated rings. The number of aromatic nitrogens is 3. The van der Waals surface area contributed by atoms with Crippen LogP contribution in [0.1, 0.15) is 21.5 Å². The summed E-state index contributed by atoms with van der Waals surface area (Å²) < 4.78 is 27.7. The number of nitrogens with zero attached hydrogens (tertiary/aromatic N) is 2. The zero-order chi connectivity index (χ0) is 22.2. The molecule has 11 heteroatoms. The van der Waals surface area contributed by atoms with Crippen molar-refractivity contribution in [3.63, 3.8) is 0 Å². The van der Waals surface area contributed by atoms with Crippen molar-refractivity contribution in [1.82, 2.24) is 15.0 Å². The standard InChI is InChI=1S/C20H15Cl2N5O3S/c21-13-4-11(5-14(22)7-13)9-31(29,30)27-15-3-1-2-12(6-15)18(28)16-8-24-20-17(16)19(23)25-10-26-20/h1-8,10,27H,9H2,(H3,23,24,25,26). The van der Waals surface area contributed by atoms with Gasteiger partial charge in [0, 0.05) is 27.5 Å². The van der Waals surface area contributed by atoms with E-state index < -0.39 is 10.0 Å². The Kier molecular flexibility index (Phi) is 5.57. The summed E-state index contributed by atoms with van der Waals surface area (Å²) >= 11 is 11.9. The van der Waals surface area contributed by atoms with E-state index in [9.17, 15) is 13.2 Å². The van der Waals surface area contributed by atoms with Crippen molar-refractivity contribution in [2.75, 3.05) is 10.5 Å². The first kappa shape index (κ1) is 21.1. The van der Waals surface area contributed by atoms with Crippen LogP contribution in [0.4, 0.5) is 11.5 Å². The Hall–Kier alpha value is -3.14. The average Bonchev–Trinajstić information content (AvgIpc) is 3.11. The molecule has 2 aromatic carbocycles. The number of hydrogen-bond donors (Lipinski definition) is 3. The summed E-state index contributed by atoms with van der Waals surface area (Å²) in [7, 11) is -3.78. The summed E-state index contributed by atoms with van der Waals surface area (Å²) in [6.45, 7) is 0. The molecule has 0 aliphatic rings. The van der Waals surface area contributed by atoms with Gasteiger partial charge in [0.15, 0.2) is 5.78 Å². The number of ketones is 1. The lowest BCUT2D eigenvalue weighted by Gasteiger charge is -2.10. The molecule has 0 saturated carbocycles. The van der Waals surface area contributed by atoms with Gasteiger partial charge in [0.1, 0.15) is 17.8 Å². The lowest BCUT2D eigenvalue weighted by molar-refractivity contribution is 0.104. The van der Waals surface area contributed by atoms with Crippen molar-refractivity contribution >= 4 is 61.5 Å². The van der Waals surface area contributed by atoms with E-state index in [4.69, 9.17) is 28.9 Å². The Labute approximate surface area is 187 Å². The molecule has 8 nitrogen and oxygen atoms in total. The smallest absolute Gasteiger partial charge is 0.236 e. The number of aromatic amines is 1. The van der Waals surface area contributed by atoms with Gasteiger partial charge in [-0.2, -0.15) is 0 Å². The number of H-pyrrole nitrogens is 1. The first-order chi connectivity index (χ1) is 14.7. The number of sulfonamides is 1. The molecule has 2 heterocycles. The maximum atomic E-state index is 13.0. The maximum absolute atomic E-state index is 13.0. The molecule has 0 atom stereocenters. The van der Waals surface area contributed by atoms with Crippen LogP contribution in [0.15, 0.2) is 55.0 Å². The molecular weight excluding hydrogens is 461 g/mol. The van der Waals surface area contributed by atoms with Crippen molar-refractivity contribution in [2.45, 2.75) is 5.75 Å². The number of anilines is 2. The van der Waals surface area contributed by atoms with Crippen molar-refractivity contribution in [3.05, 3.63) is 81.7 Å². The van der Waals surface area contributed by atoms with Crippen LogP contribution in [0.5, 0.6) is 0 Å². The van der Waals surface area contributed by atoms with E-state index >= 15 is 0 Å². The predicted octanol–water partition coefficient (Wildman–Crippen LogP) is 4.02. The minimum absolute atomic E-state index is 0.173. The number of benzene rings is 2. The molecule has 0 unspecified atom stereocenters. The van der Waals surface area contributed by atoms with Crippen molar-refractivity contribution < 1.29 is 13.2 Å². The maximum Gasteiger partial charge on any atom is 0.236 e. The monoisotopic (exact) mass is 475 g/mol.